The Hall–Kier alpha value is -0.610. The molecular formula is C11H14BrFO2. The van der Waals surface area contributed by atoms with E-state index in [-0.39, 0.29) is 5.75 Å². The molecule has 0 unspecified atom stereocenters. The summed E-state index contributed by atoms with van der Waals surface area (Å²) in [7, 11) is 1.42. The number of methoxy groups -OCH3 is 1. The molecule has 0 aliphatic heterocycles. The average molecular weight is 277 g/mol. The third-order valence-corrected chi connectivity index (χ3v) is 2.37. The zero-order chi connectivity index (χ0) is 11.6. The molecule has 0 saturated heterocycles. The van der Waals surface area contributed by atoms with Crippen LogP contribution in [0.1, 0.15) is 19.4 Å². The number of rotatable bonds is 3. The van der Waals surface area contributed by atoms with E-state index in [1.165, 1.54) is 13.2 Å². The third kappa shape index (κ3) is 3.47. The zero-order valence-electron chi connectivity index (χ0n) is 8.97. The molecule has 4 heteroatoms. The molecule has 0 atom stereocenters. The normalized spacial score (nSPS) is 11.6. The van der Waals surface area contributed by atoms with Crippen molar-refractivity contribution < 1.29 is 14.2 Å². The molecule has 15 heavy (non-hydrogen) atoms. The second-order valence-electron chi connectivity index (χ2n) is 4.07. The van der Waals surface area contributed by atoms with Crippen molar-refractivity contribution in [3.8, 4) is 5.75 Å². The fraction of sp³-hybridized carbons (Fsp3) is 0.455. The van der Waals surface area contributed by atoms with Gasteiger partial charge in [-0.15, -0.1) is 0 Å². The van der Waals surface area contributed by atoms with Crippen LogP contribution in [0.5, 0.6) is 5.75 Å². The van der Waals surface area contributed by atoms with Gasteiger partial charge >= 0.3 is 0 Å². The second-order valence-corrected chi connectivity index (χ2v) is 4.98. The second kappa shape index (κ2) is 4.49. The van der Waals surface area contributed by atoms with E-state index in [1.54, 1.807) is 19.9 Å². The predicted molar refractivity (Wildman–Crippen MR) is 60.7 cm³/mol. The molecule has 0 heterocycles. The fourth-order valence-electron chi connectivity index (χ4n) is 1.44. The fourth-order valence-corrected chi connectivity index (χ4v) is 1.92. The zero-order valence-corrected chi connectivity index (χ0v) is 10.6. The van der Waals surface area contributed by atoms with Crippen LogP contribution >= 0.6 is 15.9 Å². The highest BCUT2D eigenvalue weighted by atomic mass is 79.9. The van der Waals surface area contributed by atoms with Crippen LogP contribution < -0.4 is 4.74 Å². The van der Waals surface area contributed by atoms with Crippen LogP contribution in [0, 0.1) is 5.82 Å². The van der Waals surface area contributed by atoms with E-state index in [0.29, 0.717) is 16.5 Å². The maximum Gasteiger partial charge on any atom is 0.166 e. The molecule has 2 nitrogen and oxygen atoms in total. The summed E-state index contributed by atoms with van der Waals surface area (Å²) in [5.74, 6) is -0.230. The number of hydrogen-bond donors (Lipinski definition) is 1. The number of halogens is 2. The average Bonchev–Trinajstić information content (AvgIpc) is 1.99. The van der Waals surface area contributed by atoms with Gasteiger partial charge in [-0.05, 0) is 26.0 Å². The van der Waals surface area contributed by atoms with Crippen LogP contribution in [-0.2, 0) is 6.42 Å². The lowest BCUT2D eigenvalue weighted by Crippen LogP contribution is -2.22. The molecule has 0 amide bonds. The summed E-state index contributed by atoms with van der Waals surface area (Å²) in [5, 5.41) is 9.68. The van der Waals surface area contributed by atoms with E-state index >= 15 is 0 Å². The Balaban J connectivity index is 3.15. The molecule has 0 aliphatic rings. The van der Waals surface area contributed by atoms with Crippen molar-refractivity contribution in [2.45, 2.75) is 25.9 Å². The topological polar surface area (TPSA) is 29.5 Å². The summed E-state index contributed by atoms with van der Waals surface area (Å²) >= 11 is 3.21. The van der Waals surface area contributed by atoms with Gasteiger partial charge in [-0.25, -0.2) is 4.39 Å². The van der Waals surface area contributed by atoms with Crippen LogP contribution in [0.4, 0.5) is 4.39 Å². The van der Waals surface area contributed by atoms with E-state index in [4.69, 9.17) is 4.74 Å². The first kappa shape index (κ1) is 12.5. The van der Waals surface area contributed by atoms with Crippen molar-refractivity contribution >= 4 is 15.9 Å². The van der Waals surface area contributed by atoms with Crippen LogP contribution in [0.2, 0.25) is 0 Å². The molecule has 0 aromatic heterocycles. The predicted octanol–water partition coefficient (Wildman–Crippen LogP) is 2.91. The van der Waals surface area contributed by atoms with Crippen molar-refractivity contribution in [2.24, 2.45) is 0 Å². The van der Waals surface area contributed by atoms with Crippen molar-refractivity contribution in [2.75, 3.05) is 7.11 Å². The van der Waals surface area contributed by atoms with Gasteiger partial charge in [0.15, 0.2) is 11.6 Å². The molecular weight excluding hydrogens is 263 g/mol. The van der Waals surface area contributed by atoms with E-state index in [1.807, 2.05) is 0 Å². The van der Waals surface area contributed by atoms with Crippen LogP contribution in [-0.4, -0.2) is 17.8 Å². The maximum absolute atomic E-state index is 13.4. The number of benzene rings is 1. The molecule has 84 valence electrons. The maximum atomic E-state index is 13.4. The van der Waals surface area contributed by atoms with Crippen LogP contribution in [0.25, 0.3) is 0 Å². The van der Waals surface area contributed by atoms with Gasteiger partial charge in [-0.1, -0.05) is 15.9 Å². The van der Waals surface area contributed by atoms with Crippen molar-refractivity contribution in [1.29, 1.82) is 0 Å². The van der Waals surface area contributed by atoms with Crippen molar-refractivity contribution in [3.63, 3.8) is 0 Å². The molecule has 0 bridgehead atoms. The highest BCUT2D eigenvalue weighted by Crippen LogP contribution is 2.29. The first-order valence-corrected chi connectivity index (χ1v) is 5.37. The van der Waals surface area contributed by atoms with E-state index in [9.17, 15) is 9.50 Å². The highest BCUT2D eigenvalue weighted by Gasteiger charge is 2.19. The Morgan fingerprint density at radius 3 is 2.53 bits per heavy atom. The Bertz CT molecular complexity index is 358. The Kier molecular flexibility index (Phi) is 3.73. The molecule has 1 rings (SSSR count). The number of hydrogen-bond acceptors (Lipinski definition) is 2. The Labute approximate surface area is 97.2 Å². The third-order valence-electron chi connectivity index (χ3n) is 1.91. The van der Waals surface area contributed by atoms with Gasteiger partial charge in [0, 0.05) is 16.5 Å². The summed E-state index contributed by atoms with van der Waals surface area (Å²) in [6.07, 6.45) is 0.340. The van der Waals surface area contributed by atoms with E-state index in [2.05, 4.69) is 15.9 Å². The molecule has 0 fully saturated rings. The minimum atomic E-state index is -0.888. The van der Waals surface area contributed by atoms with Gasteiger partial charge in [0.05, 0.1) is 12.7 Å². The van der Waals surface area contributed by atoms with Gasteiger partial charge in [-0.3, -0.25) is 0 Å². The monoisotopic (exact) mass is 276 g/mol. The molecule has 1 aromatic carbocycles. The molecule has 0 radical (unpaired) electrons. The molecule has 0 aliphatic carbocycles. The molecule has 1 N–H and O–H groups in total. The quantitative estimate of drug-likeness (QED) is 0.920. The van der Waals surface area contributed by atoms with Gasteiger partial charge in [0.2, 0.25) is 0 Å². The standard InChI is InChI=1S/C11H14BrFO2/c1-11(2,14)6-7-4-8(12)5-9(13)10(7)15-3/h4-5,14H,6H2,1-3H3. The lowest BCUT2D eigenvalue weighted by molar-refractivity contribution is 0.0801. The number of ether oxygens (including phenoxy) is 1. The lowest BCUT2D eigenvalue weighted by atomic mass is 9.98. The smallest absolute Gasteiger partial charge is 0.166 e. The summed E-state index contributed by atoms with van der Waals surface area (Å²) in [5.41, 5.74) is -0.238. The SMILES string of the molecule is COc1c(F)cc(Br)cc1CC(C)(C)O. The van der Waals surface area contributed by atoms with Gasteiger partial charge in [0.1, 0.15) is 0 Å². The van der Waals surface area contributed by atoms with Gasteiger partial charge in [-0.2, -0.15) is 0 Å². The van der Waals surface area contributed by atoms with Crippen LogP contribution in [0.3, 0.4) is 0 Å². The summed E-state index contributed by atoms with van der Waals surface area (Å²) < 4.78 is 19.1. The van der Waals surface area contributed by atoms with E-state index in [0.717, 1.165) is 0 Å². The molecule has 1 aromatic rings. The summed E-state index contributed by atoms with van der Waals surface area (Å²) in [6, 6.07) is 3.09. The van der Waals surface area contributed by atoms with E-state index < -0.39 is 11.4 Å². The van der Waals surface area contributed by atoms with Crippen molar-refractivity contribution in [1.82, 2.24) is 0 Å². The first-order valence-electron chi connectivity index (χ1n) is 4.58. The Morgan fingerprint density at radius 1 is 1.47 bits per heavy atom. The minimum Gasteiger partial charge on any atom is -0.493 e. The lowest BCUT2D eigenvalue weighted by Gasteiger charge is -2.19. The highest BCUT2D eigenvalue weighted by molar-refractivity contribution is 9.10. The number of aliphatic hydroxyl groups is 1. The first-order chi connectivity index (χ1) is 6.83. The largest absolute Gasteiger partial charge is 0.493 e. The molecule has 0 saturated carbocycles. The van der Waals surface area contributed by atoms with Gasteiger partial charge in [0.25, 0.3) is 0 Å². The minimum absolute atomic E-state index is 0.195. The molecule has 0 spiro atoms. The van der Waals surface area contributed by atoms with Crippen molar-refractivity contribution in [3.05, 3.63) is 28.0 Å². The Morgan fingerprint density at radius 2 is 2.07 bits per heavy atom. The van der Waals surface area contributed by atoms with Crippen LogP contribution in [0.15, 0.2) is 16.6 Å². The van der Waals surface area contributed by atoms with Gasteiger partial charge < -0.3 is 9.84 Å². The summed E-state index contributed by atoms with van der Waals surface area (Å²) in [6.45, 7) is 3.34. The summed E-state index contributed by atoms with van der Waals surface area (Å²) in [4.78, 5) is 0.